The van der Waals surface area contributed by atoms with Crippen molar-refractivity contribution < 1.29 is 18.7 Å². The highest BCUT2D eigenvalue weighted by atomic mass is 35.5. The summed E-state index contributed by atoms with van der Waals surface area (Å²) in [5.41, 5.74) is 4.02. The molecule has 2 atom stereocenters. The average molecular weight is 555 g/mol. The van der Waals surface area contributed by atoms with Gasteiger partial charge in [-0.05, 0) is 59.2 Å². The number of amides is 1. The van der Waals surface area contributed by atoms with Crippen molar-refractivity contribution in [2.45, 2.75) is 25.0 Å². The molecule has 40 heavy (non-hydrogen) atoms. The van der Waals surface area contributed by atoms with Crippen LogP contribution in [-0.4, -0.2) is 29.7 Å². The zero-order valence-electron chi connectivity index (χ0n) is 21.7. The number of benzene rings is 4. The Balaban J connectivity index is 1.26. The molecule has 0 saturated carbocycles. The predicted octanol–water partition coefficient (Wildman–Crippen LogP) is 6.96. The van der Waals surface area contributed by atoms with Gasteiger partial charge in [-0.1, -0.05) is 66.2 Å². The molecular formula is C33H28ClFN2O3. The van der Waals surface area contributed by atoms with E-state index in [2.05, 4.69) is 28.2 Å². The number of rotatable bonds is 8. The molecule has 1 N–H and O–H groups in total. The van der Waals surface area contributed by atoms with Crippen LogP contribution in [0.2, 0.25) is 5.02 Å². The summed E-state index contributed by atoms with van der Waals surface area (Å²) in [6.07, 6.45) is 2.05. The highest BCUT2D eigenvalue weighted by Gasteiger charge is 2.25. The van der Waals surface area contributed by atoms with Crippen molar-refractivity contribution in [1.82, 2.24) is 9.88 Å². The van der Waals surface area contributed by atoms with E-state index >= 15 is 0 Å². The Morgan fingerprint density at radius 3 is 2.58 bits per heavy atom. The molecule has 0 spiro atoms. The highest BCUT2D eigenvalue weighted by molar-refractivity contribution is 6.30. The molecule has 1 aliphatic heterocycles. The van der Waals surface area contributed by atoms with E-state index in [1.54, 1.807) is 12.1 Å². The third-order valence-electron chi connectivity index (χ3n) is 7.20. The lowest BCUT2D eigenvalue weighted by molar-refractivity contribution is -0.121. The number of nitrogens with zero attached hydrogens (tertiary/aromatic N) is 1. The summed E-state index contributed by atoms with van der Waals surface area (Å²) >= 11 is 6.39. The number of para-hydroxylation sites is 3. The minimum absolute atomic E-state index is 0.0946. The molecule has 5 aromatic rings. The lowest BCUT2D eigenvalue weighted by Crippen LogP contribution is -2.41. The summed E-state index contributed by atoms with van der Waals surface area (Å²) in [5, 5.41) is 4.72. The minimum atomic E-state index is -0.277. The molecule has 0 radical (unpaired) electrons. The Bertz CT molecular complexity index is 1650. The maximum atomic E-state index is 13.5. The Morgan fingerprint density at radius 2 is 1.75 bits per heavy atom. The number of carbonyl (C=O) groups excluding carboxylic acids is 1. The van der Waals surface area contributed by atoms with Crippen LogP contribution in [0.1, 0.15) is 29.0 Å². The number of hydrogen-bond donors (Lipinski definition) is 1. The second kappa shape index (κ2) is 11.4. The van der Waals surface area contributed by atoms with E-state index < -0.39 is 0 Å². The molecule has 1 aromatic heterocycles. The van der Waals surface area contributed by atoms with Gasteiger partial charge in [-0.25, -0.2) is 4.39 Å². The molecule has 0 saturated heterocycles. The van der Waals surface area contributed by atoms with E-state index in [1.165, 1.54) is 12.1 Å². The lowest BCUT2D eigenvalue weighted by atomic mass is 9.88. The Hall–Kier alpha value is -4.29. The third-order valence-corrected chi connectivity index (χ3v) is 7.43. The molecule has 1 aliphatic rings. The molecule has 5 nitrogen and oxygen atoms in total. The Labute approximate surface area is 237 Å². The molecule has 2 heterocycles. The molecule has 202 valence electrons. The van der Waals surface area contributed by atoms with Crippen molar-refractivity contribution in [2.24, 2.45) is 0 Å². The maximum absolute atomic E-state index is 13.5. The van der Waals surface area contributed by atoms with Crippen molar-refractivity contribution in [2.75, 3.05) is 13.2 Å². The van der Waals surface area contributed by atoms with Crippen LogP contribution in [0.3, 0.4) is 0 Å². The highest BCUT2D eigenvalue weighted by Crippen LogP contribution is 2.36. The summed E-state index contributed by atoms with van der Waals surface area (Å²) in [7, 11) is 0. The van der Waals surface area contributed by atoms with Crippen molar-refractivity contribution in [3.8, 4) is 11.5 Å². The fraction of sp³-hybridized carbons (Fsp3) is 0.182. The summed E-state index contributed by atoms with van der Waals surface area (Å²) in [4.78, 5) is 13.4. The number of nitrogens with one attached hydrogen (secondary N) is 1. The first-order valence-electron chi connectivity index (χ1n) is 13.3. The quantitative estimate of drug-likeness (QED) is 0.225. The first kappa shape index (κ1) is 26.0. The molecule has 4 aromatic carbocycles. The topological polar surface area (TPSA) is 52.5 Å². The summed E-state index contributed by atoms with van der Waals surface area (Å²) in [6, 6.07) is 29.9. The maximum Gasteiger partial charge on any atom is 0.221 e. The molecular weight excluding hydrogens is 527 g/mol. The molecule has 0 bridgehead atoms. The van der Waals surface area contributed by atoms with E-state index in [-0.39, 0.29) is 30.2 Å². The van der Waals surface area contributed by atoms with Gasteiger partial charge in [0.2, 0.25) is 5.91 Å². The molecule has 0 aliphatic carbocycles. The molecule has 7 heteroatoms. The van der Waals surface area contributed by atoms with Crippen LogP contribution in [0.4, 0.5) is 4.39 Å². The Kier molecular flexibility index (Phi) is 7.43. The molecule has 6 rings (SSSR count). The van der Waals surface area contributed by atoms with Gasteiger partial charge in [0.1, 0.15) is 18.5 Å². The zero-order valence-corrected chi connectivity index (χ0v) is 22.5. The van der Waals surface area contributed by atoms with E-state index in [9.17, 15) is 9.18 Å². The van der Waals surface area contributed by atoms with Gasteiger partial charge in [-0.2, -0.15) is 0 Å². The van der Waals surface area contributed by atoms with Gasteiger partial charge in [0.05, 0.1) is 6.54 Å². The van der Waals surface area contributed by atoms with Gasteiger partial charge >= 0.3 is 0 Å². The van der Waals surface area contributed by atoms with Crippen molar-refractivity contribution >= 4 is 28.4 Å². The first-order valence-corrected chi connectivity index (χ1v) is 13.6. The van der Waals surface area contributed by atoms with Gasteiger partial charge in [0, 0.05) is 41.0 Å². The largest absolute Gasteiger partial charge is 0.486 e. The molecule has 0 unspecified atom stereocenters. The van der Waals surface area contributed by atoms with Crippen LogP contribution in [0.25, 0.3) is 10.9 Å². The lowest BCUT2D eigenvalue weighted by Gasteiger charge is -2.26. The van der Waals surface area contributed by atoms with E-state index in [4.69, 9.17) is 21.1 Å². The van der Waals surface area contributed by atoms with E-state index in [1.807, 2.05) is 60.7 Å². The van der Waals surface area contributed by atoms with Crippen LogP contribution in [-0.2, 0) is 11.3 Å². The summed E-state index contributed by atoms with van der Waals surface area (Å²) in [5.74, 6) is 0.801. The standard InChI is InChI=1S/C33H28ClFN2O3/c34-24-7-5-6-23(16-24)28(17-33(38)36-18-26-21-39-31-10-3-4-11-32(31)40-26)29-20-37(30-9-2-1-8-27(29)30)19-22-12-14-25(35)15-13-22/h1-16,20,26,28H,17-19,21H2,(H,36,38)/t26-,28+/m1/s1. The number of hydrogen-bond acceptors (Lipinski definition) is 3. The number of halogens is 2. The van der Waals surface area contributed by atoms with Crippen molar-refractivity contribution in [1.29, 1.82) is 0 Å². The number of ether oxygens (including phenoxy) is 2. The number of aromatic nitrogens is 1. The van der Waals surface area contributed by atoms with Crippen LogP contribution >= 0.6 is 11.6 Å². The van der Waals surface area contributed by atoms with Gasteiger partial charge in [-0.15, -0.1) is 0 Å². The van der Waals surface area contributed by atoms with Gasteiger partial charge < -0.3 is 19.4 Å². The van der Waals surface area contributed by atoms with E-state index in [0.29, 0.717) is 36.2 Å². The first-order chi connectivity index (χ1) is 19.5. The molecule has 0 fully saturated rings. The fourth-order valence-electron chi connectivity index (χ4n) is 5.25. The summed E-state index contributed by atoms with van der Waals surface area (Å²) in [6.45, 7) is 1.28. The normalized spacial score (nSPS) is 15.1. The van der Waals surface area contributed by atoms with Crippen LogP contribution in [0, 0.1) is 5.82 Å². The monoisotopic (exact) mass is 554 g/mol. The number of carbonyl (C=O) groups is 1. The third kappa shape index (κ3) is 5.68. The predicted molar refractivity (Wildman–Crippen MR) is 155 cm³/mol. The number of fused-ring (bicyclic) bond motifs is 2. The van der Waals surface area contributed by atoms with Gasteiger partial charge in [0.15, 0.2) is 11.5 Å². The zero-order chi connectivity index (χ0) is 27.5. The van der Waals surface area contributed by atoms with Crippen molar-refractivity contribution in [3.63, 3.8) is 0 Å². The SMILES string of the molecule is O=C(C[C@@H](c1cccc(Cl)c1)c1cn(Cc2ccc(F)cc2)c2ccccc12)NC[C@@H]1COc2ccccc2O1. The molecule has 1 amide bonds. The average Bonchev–Trinajstić information content (AvgIpc) is 3.34. The van der Waals surface area contributed by atoms with Crippen molar-refractivity contribution in [3.05, 3.63) is 131 Å². The smallest absolute Gasteiger partial charge is 0.221 e. The van der Waals surface area contributed by atoms with Gasteiger partial charge in [-0.3, -0.25) is 4.79 Å². The minimum Gasteiger partial charge on any atom is -0.486 e. The van der Waals surface area contributed by atoms with E-state index in [0.717, 1.165) is 27.6 Å². The second-order valence-electron chi connectivity index (χ2n) is 9.97. The van der Waals surface area contributed by atoms with Crippen LogP contribution in [0.5, 0.6) is 11.5 Å². The van der Waals surface area contributed by atoms with Crippen LogP contribution in [0.15, 0.2) is 103 Å². The second-order valence-corrected chi connectivity index (χ2v) is 10.4. The fourth-order valence-corrected chi connectivity index (χ4v) is 5.45. The van der Waals surface area contributed by atoms with Gasteiger partial charge in [0.25, 0.3) is 0 Å². The summed E-state index contributed by atoms with van der Waals surface area (Å²) < 4.78 is 27.5. The van der Waals surface area contributed by atoms with Crippen LogP contribution < -0.4 is 14.8 Å². The Morgan fingerprint density at radius 1 is 0.975 bits per heavy atom.